The number of methoxy groups -OCH3 is 5. The lowest BCUT2D eigenvalue weighted by Crippen LogP contribution is -2.30. The first kappa shape index (κ1) is 54.0. The van der Waals surface area contributed by atoms with E-state index in [4.69, 9.17) is 19.7 Å². The van der Waals surface area contributed by atoms with E-state index in [2.05, 4.69) is 81.7 Å². The van der Waals surface area contributed by atoms with Crippen LogP contribution in [0.25, 0.3) is 11.5 Å². The van der Waals surface area contributed by atoms with E-state index in [1.807, 2.05) is 0 Å². The van der Waals surface area contributed by atoms with Gasteiger partial charge in [-0.15, -0.1) is 10.2 Å². The van der Waals surface area contributed by atoms with Gasteiger partial charge in [0.25, 0.3) is 30.1 Å². The number of carbonyl (C=O) groups excluding carboxylic acids is 3. The van der Waals surface area contributed by atoms with Crippen LogP contribution in [0, 0.1) is 25.5 Å². The highest BCUT2D eigenvalue weighted by Crippen LogP contribution is 2.38. The van der Waals surface area contributed by atoms with Crippen LogP contribution >= 0.6 is 0 Å². The monoisotopic (exact) mass is 994 g/mol. The van der Waals surface area contributed by atoms with Crippen LogP contribution in [0.15, 0.2) is 96.3 Å². The fourth-order valence-corrected chi connectivity index (χ4v) is 6.37. The molecule has 0 bridgehead atoms. The van der Waals surface area contributed by atoms with Crippen molar-refractivity contribution in [3.05, 3.63) is 131 Å². The van der Waals surface area contributed by atoms with E-state index in [0.717, 1.165) is 12.4 Å². The van der Waals surface area contributed by atoms with Crippen LogP contribution in [0.5, 0.6) is 11.5 Å². The van der Waals surface area contributed by atoms with Crippen LogP contribution in [0.1, 0.15) is 42.2 Å². The second-order valence-corrected chi connectivity index (χ2v) is 14.5. The van der Waals surface area contributed by atoms with E-state index in [9.17, 15) is 23.2 Å². The maximum Gasteiger partial charge on any atom is 0.270 e. The Labute approximate surface area is 411 Å². The Bertz CT molecular complexity index is 2960. The number of anilines is 8. The lowest BCUT2D eigenvalue weighted by Gasteiger charge is -2.17. The van der Waals surface area contributed by atoms with Gasteiger partial charge in [-0.3, -0.25) is 19.8 Å². The first-order valence-electron chi connectivity index (χ1n) is 21.2. The first-order valence-corrected chi connectivity index (χ1v) is 21.2. The van der Waals surface area contributed by atoms with E-state index in [0.29, 0.717) is 74.0 Å². The lowest BCUT2D eigenvalue weighted by atomic mass is 10.1. The summed E-state index contributed by atoms with van der Waals surface area (Å²) in [5, 5.41) is 25.1. The van der Waals surface area contributed by atoms with Gasteiger partial charge in [-0.1, -0.05) is 12.1 Å². The van der Waals surface area contributed by atoms with Crippen LogP contribution in [-0.4, -0.2) is 104 Å². The van der Waals surface area contributed by atoms with Crippen molar-refractivity contribution >= 4 is 63.7 Å². The number of nitrogens with one attached hydrogen (secondary N) is 7. The molecule has 0 aliphatic rings. The average molecular weight is 995 g/mol. The number of nitrogen functional groups attached to an aromatic ring is 1. The third-order valence-electron chi connectivity index (χ3n) is 9.88. The summed E-state index contributed by atoms with van der Waals surface area (Å²) in [6, 6.07) is 16.5. The van der Waals surface area contributed by atoms with Gasteiger partial charge in [0.05, 0.1) is 71.6 Å². The third-order valence-corrected chi connectivity index (χ3v) is 9.88. The van der Waals surface area contributed by atoms with Crippen LogP contribution in [0.4, 0.5) is 54.8 Å². The zero-order valence-corrected chi connectivity index (χ0v) is 40.4. The fraction of sp³-hybridized carbons (Fsp3) is 0.213. The summed E-state index contributed by atoms with van der Waals surface area (Å²) in [5.41, 5.74) is 6.08. The normalized spacial score (nSPS) is 10.4. The molecule has 0 unspecified atom stereocenters. The number of benzene rings is 2. The summed E-state index contributed by atoms with van der Waals surface area (Å²) in [4.78, 5) is 53.4. The Morgan fingerprint density at radius 3 is 1.44 bits per heavy atom. The van der Waals surface area contributed by atoms with E-state index in [-0.39, 0.29) is 34.6 Å². The number of hydrogen-bond acceptors (Lipinski definition) is 20. The van der Waals surface area contributed by atoms with Crippen LogP contribution in [0.3, 0.4) is 0 Å². The molecule has 0 aliphatic heterocycles. The van der Waals surface area contributed by atoms with E-state index in [1.54, 1.807) is 68.4 Å². The molecule has 0 saturated carbocycles. The van der Waals surface area contributed by atoms with E-state index in [1.165, 1.54) is 74.5 Å². The smallest absolute Gasteiger partial charge is 0.270 e. The molecule has 5 heterocycles. The molecule has 0 atom stereocenters. The van der Waals surface area contributed by atoms with Crippen molar-refractivity contribution in [3.63, 3.8) is 0 Å². The molecule has 0 saturated heterocycles. The molecule has 72 heavy (non-hydrogen) atoms. The Balaban J connectivity index is 0.000000236. The number of para-hydroxylation sites is 2. The second kappa shape index (κ2) is 26.2. The minimum Gasteiger partial charge on any atom is -0.494 e. The number of hydrogen-bond donors (Lipinski definition) is 8. The van der Waals surface area contributed by atoms with E-state index >= 15 is 0 Å². The zero-order valence-electron chi connectivity index (χ0n) is 40.4. The highest BCUT2D eigenvalue weighted by molar-refractivity contribution is 6.02. The van der Waals surface area contributed by atoms with Gasteiger partial charge >= 0.3 is 0 Å². The van der Waals surface area contributed by atoms with Gasteiger partial charge in [0, 0.05) is 60.0 Å². The molecule has 2 aromatic carbocycles. The number of ether oxygens (including phenoxy) is 5. The number of aryl methyl sites for hydroxylation is 2. The molecule has 3 amide bonds. The van der Waals surface area contributed by atoms with Crippen molar-refractivity contribution < 1.29 is 51.3 Å². The van der Waals surface area contributed by atoms with Gasteiger partial charge in [-0.2, -0.15) is 0 Å². The molecule has 9 N–H and O–H groups in total. The minimum atomic E-state index is -0.535. The van der Waals surface area contributed by atoms with Crippen LogP contribution in [-0.2, 0) is 14.2 Å². The van der Waals surface area contributed by atoms with Crippen LogP contribution in [0.2, 0.25) is 0 Å². The van der Waals surface area contributed by atoms with Gasteiger partial charge in [-0.25, -0.2) is 34.6 Å². The van der Waals surface area contributed by atoms with Gasteiger partial charge < -0.3 is 60.0 Å². The number of amides is 3. The lowest BCUT2D eigenvalue weighted by molar-refractivity contribution is -0.252. The predicted octanol–water partition coefficient (Wildman–Crippen LogP) is 6.42. The number of nitrogens with two attached hydrogens (primary N) is 1. The average Bonchev–Trinajstić information content (AvgIpc) is 3.94. The number of rotatable bonds is 17. The van der Waals surface area contributed by atoms with Crippen molar-refractivity contribution in [2.75, 3.05) is 70.9 Å². The molecule has 5 aromatic heterocycles. The summed E-state index contributed by atoms with van der Waals surface area (Å²) < 4.78 is 57.1. The molecular weight excluding hydrogens is 943 g/mol. The summed E-state index contributed by atoms with van der Waals surface area (Å²) in [7, 11) is 10.5. The van der Waals surface area contributed by atoms with Crippen LogP contribution < -0.4 is 52.6 Å². The van der Waals surface area contributed by atoms with Gasteiger partial charge in [0.2, 0.25) is 6.39 Å². The third kappa shape index (κ3) is 13.9. The molecular formula is C47H52F2N14O9. The van der Waals surface area contributed by atoms with Gasteiger partial charge in [-0.05, 0) is 61.4 Å². The number of carbonyl (C=O) groups is 3. The summed E-state index contributed by atoms with van der Waals surface area (Å²) >= 11 is 0. The molecule has 7 aromatic rings. The predicted molar refractivity (Wildman–Crippen MR) is 262 cm³/mol. The molecule has 0 aliphatic carbocycles. The zero-order chi connectivity index (χ0) is 52.3. The summed E-state index contributed by atoms with van der Waals surface area (Å²) in [5.74, 6) is 5.70. The maximum atomic E-state index is 13.5. The number of halogens is 2. The molecule has 25 heteroatoms. The number of hydrazine groups is 1. The van der Waals surface area contributed by atoms with E-state index < -0.39 is 24.0 Å². The Hall–Kier alpha value is -8.91. The van der Waals surface area contributed by atoms with Crippen molar-refractivity contribution in [2.24, 2.45) is 5.84 Å². The SMILES string of the molecule is CNC(=O)c1cnc(Nc2cc(C)c(F)cn2)cc1Nc1cccc(-c2nnco2)c1OC.CNC(=O)c1cnc(Nc2cc(C)c(F)cn2)cc1Nc1cccc(C(=O)NN)c1OC.COC(OC)OC. The van der Waals surface area contributed by atoms with Gasteiger partial charge in [0.15, 0.2) is 11.5 Å². The van der Waals surface area contributed by atoms with Crippen molar-refractivity contribution in [2.45, 2.75) is 20.3 Å². The number of aromatic nitrogens is 6. The number of nitrogens with zero attached hydrogens (tertiary/aromatic N) is 6. The Kier molecular flexibility index (Phi) is 19.6. The Morgan fingerprint density at radius 1 is 0.583 bits per heavy atom. The molecule has 0 fully saturated rings. The summed E-state index contributed by atoms with van der Waals surface area (Å²) in [6.45, 7) is 2.74. The van der Waals surface area contributed by atoms with Crippen molar-refractivity contribution in [1.82, 2.24) is 46.2 Å². The van der Waals surface area contributed by atoms with Gasteiger partial charge in [0.1, 0.15) is 34.9 Å². The molecule has 23 nitrogen and oxygen atoms in total. The molecule has 7 rings (SSSR count). The highest BCUT2D eigenvalue weighted by Gasteiger charge is 2.21. The molecule has 378 valence electrons. The molecule has 0 radical (unpaired) electrons. The first-order chi connectivity index (χ1) is 34.7. The van der Waals surface area contributed by atoms with Crippen molar-refractivity contribution in [1.29, 1.82) is 0 Å². The van der Waals surface area contributed by atoms with Crippen molar-refractivity contribution in [3.8, 4) is 23.0 Å². The topological polar surface area (TPSA) is 298 Å². The summed E-state index contributed by atoms with van der Waals surface area (Å²) in [6.07, 6.45) is 6.26. The molecule has 0 spiro atoms. The maximum absolute atomic E-state index is 13.5. The second-order valence-electron chi connectivity index (χ2n) is 14.5. The largest absolute Gasteiger partial charge is 0.494 e. The Morgan fingerprint density at radius 2 is 1.04 bits per heavy atom. The quantitative estimate of drug-likeness (QED) is 0.0211. The number of pyridine rings is 4. The fourth-order valence-electron chi connectivity index (χ4n) is 6.37. The minimum absolute atomic E-state index is 0.208. The highest BCUT2D eigenvalue weighted by atomic mass is 19.1. The standard InChI is InChI=1S/C22H20FN7O3.C21H22FN7O3.C4H10O3/c1-12-7-18(26-10-15(12)23)29-19-8-17(14(9-25-19)21(31)24-2)28-16-6-4-5-13(20(16)32-3)22-30-27-11-33-22;1-11-7-17(26-10-14(11)22)28-18-8-16(13(9-25-18)20(30)24-2)27-15-6-4-5-12(19(15)32-3)21(31)29-23;1-5-4(6-2)7-3/h4-11H,1-3H3,(H,24,31)(H2,25,26,28,29);4-10H,23H2,1-3H3,(H,24,30)(H,29,31)(H2,25,26,27,28);4H,1-3H3.